The van der Waals surface area contributed by atoms with Gasteiger partial charge in [0.1, 0.15) is 5.82 Å². The summed E-state index contributed by atoms with van der Waals surface area (Å²) in [5.41, 5.74) is -1.22. The first-order valence-electron chi connectivity index (χ1n) is 3.92. The lowest BCUT2D eigenvalue weighted by Gasteiger charge is -2.09. The monoisotopic (exact) mass is 204 g/mol. The van der Waals surface area contributed by atoms with Crippen molar-refractivity contribution < 1.29 is 17.6 Å². The molecule has 0 N–H and O–H groups in total. The van der Waals surface area contributed by atoms with Gasteiger partial charge in [0, 0.05) is 0 Å². The van der Waals surface area contributed by atoms with Gasteiger partial charge in [0.05, 0.1) is 5.56 Å². The van der Waals surface area contributed by atoms with E-state index >= 15 is 0 Å². The Labute approximate surface area is 78.9 Å². The number of halogens is 4. The molecule has 1 aromatic carbocycles. The van der Waals surface area contributed by atoms with E-state index in [1.165, 1.54) is 18.2 Å². The van der Waals surface area contributed by atoms with Crippen LogP contribution in [0.15, 0.2) is 30.9 Å². The minimum absolute atomic E-state index is 0.00910. The molecule has 0 radical (unpaired) electrons. The van der Waals surface area contributed by atoms with Gasteiger partial charge in [-0.3, -0.25) is 0 Å². The fourth-order valence-electron chi connectivity index (χ4n) is 1.11. The standard InChI is InChI=1S/C10H8F4/c1-2-4-7-5-3-6-8(9(7)11)10(12,13)14/h2-3,5-6H,1,4H2. The molecular weight excluding hydrogens is 196 g/mol. The SMILES string of the molecule is C=CCc1cccc(C(F)(F)F)c1F. The molecule has 0 amide bonds. The summed E-state index contributed by atoms with van der Waals surface area (Å²) < 4.78 is 49.8. The van der Waals surface area contributed by atoms with Gasteiger partial charge in [-0.2, -0.15) is 13.2 Å². The van der Waals surface area contributed by atoms with E-state index in [4.69, 9.17) is 0 Å². The van der Waals surface area contributed by atoms with Crippen molar-refractivity contribution >= 4 is 0 Å². The Bertz CT molecular complexity index is 338. The molecule has 0 aliphatic heterocycles. The molecule has 0 aromatic heterocycles. The minimum atomic E-state index is -4.64. The quantitative estimate of drug-likeness (QED) is 0.510. The number of hydrogen-bond donors (Lipinski definition) is 0. The minimum Gasteiger partial charge on any atom is -0.206 e. The Kier molecular flexibility index (Phi) is 2.93. The third kappa shape index (κ3) is 2.13. The van der Waals surface area contributed by atoms with E-state index < -0.39 is 17.6 Å². The zero-order chi connectivity index (χ0) is 10.8. The summed E-state index contributed by atoms with van der Waals surface area (Å²) in [6.07, 6.45) is -3.18. The van der Waals surface area contributed by atoms with Crippen LogP contribution in [-0.4, -0.2) is 0 Å². The lowest BCUT2D eigenvalue weighted by molar-refractivity contribution is -0.140. The summed E-state index contributed by atoms with van der Waals surface area (Å²) in [7, 11) is 0. The van der Waals surface area contributed by atoms with Crippen molar-refractivity contribution in [2.75, 3.05) is 0 Å². The summed E-state index contributed by atoms with van der Waals surface area (Å²) in [6.45, 7) is 3.34. The van der Waals surface area contributed by atoms with Gasteiger partial charge in [0.2, 0.25) is 0 Å². The smallest absolute Gasteiger partial charge is 0.206 e. The Balaban J connectivity index is 3.20. The van der Waals surface area contributed by atoms with Crippen molar-refractivity contribution in [3.8, 4) is 0 Å². The normalized spacial score (nSPS) is 11.4. The molecule has 0 fully saturated rings. The van der Waals surface area contributed by atoms with E-state index in [-0.39, 0.29) is 12.0 Å². The highest BCUT2D eigenvalue weighted by molar-refractivity contribution is 5.29. The second-order valence-electron chi connectivity index (χ2n) is 2.77. The zero-order valence-electron chi connectivity index (χ0n) is 7.24. The van der Waals surface area contributed by atoms with Gasteiger partial charge < -0.3 is 0 Å². The highest BCUT2D eigenvalue weighted by atomic mass is 19.4. The van der Waals surface area contributed by atoms with Crippen molar-refractivity contribution in [1.82, 2.24) is 0 Å². The van der Waals surface area contributed by atoms with Crippen molar-refractivity contribution in [2.45, 2.75) is 12.6 Å². The highest BCUT2D eigenvalue weighted by Crippen LogP contribution is 2.32. The number of allylic oxidation sites excluding steroid dienone is 1. The van der Waals surface area contributed by atoms with Crippen LogP contribution in [0.2, 0.25) is 0 Å². The molecule has 1 aromatic rings. The van der Waals surface area contributed by atoms with E-state index in [0.717, 1.165) is 6.07 Å². The van der Waals surface area contributed by atoms with Gasteiger partial charge in [0.15, 0.2) is 0 Å². The first-order chi connectivity index (χ1) is 6.46. The van der Waals surface area contributed by atoms with Crippen LogP contribution < -0.4 is 0 Å². The highest BCUT2D eigenvalue weighted by Gasteiger charge is 2.34. The van der Waals surface area contributed by atoms with Gasteiger partial charge in [0.25, 0.3) is 0 Å². The summed E-state index contributed by atoms with van der Waals surface area (Å²) in [5, 5.41) is 0. The Hall–Kier alpha value is -1.32. The predicted octanol–water partition coefficient (Wildman–Crippen LogP) is 3.57. The molecule has 0 nitrogen and oxygen atoms in total. The van der Waals surface area contributed by atoms with Crippen LogP contribution in [0.4, 0.5) is 17.6 Å². The first kappa shape index (κ1) is 10.8. The van der Waals surface area contributed by atoms with Gasteiger partial charge in [-0.05, 0) is 18.1 Å². The Morgan fingerprint density at radius 1 is 1.29 bits per heavy atom. The second-order valence-corrected chi connectivity index (χ2v) is 2.77. The fourth-order valence-corrected chi connectivity index (χ4v) is 1.11. The molecule has 0 heterocycles. The molecule has 0 saturated heterocycles. The molecule has 0 aliphatic rings. The van der Waals surface area contributed by atoms with Gasteiger partial charge in [-0.15, -0.1) is 6.58 Å². The van der Waals surface area contributed by atoms with Crippen LogP contribution in [0.1, 0.15) is 11.1 Å². The van der Waals surface area contributed by atoms with E-state index in [9.17, 15) is 17.6 Å². The van der Waals surface area contributed by atoms with Gasteiger partial charge in [-0.25, -0.2) is 4.39 Å². The molecule has 0 aliphatic carbocycles. The van der Waals surface area contributed by atoms with Crippen LogP contribution in [0.25, 0.3) is 0 Å². The summed E-state index contributed by atoms with van der Waals surface area (Å²) in [4.78, 5) is 0. The average molecular weight is 204 g/mol. The Morgan fingerprint density at radius 3 is 2.43 bits per heavy atom. The molecule has 14 heavy (non-hydrogen) atoms. The third-order valence-corrected chi connectivity index (χ3v) is 1.75. The molecule has 0 saturated carbocycles. The molecule has 0 bridgehead atoms. The molecular formula is C10H8F4. The first-order valence-corrected chi connectivity index (χ1v) is 3.92. The van der Waals surface area contributed by atoms with Crippen LogP contribution in [0.5, 0.6) is 0 Å². The van der Waals surface area contributed by atoms with Crippen LogP contribution in [0.3, 0.4) is 0 Å². The lowest BCUT2D eigenvalue weighted by Crippen LogP contribution is -2.09. The zero-order valence-corrected chi connectivity index (χ0v) is 7.24. The summed E-state index contributed by atoms with van der Waals surface area (Å²) in [6, 6.07) is 3.22. The number of alkyl halides is 3. The molecule has 0 unspecified atom stereocenters. The maximum atomic E-state index is 13.2. The van der Waals surface area contributed by atoms with Gasteiger partial charge >= 0.3 is 6.18 Å². The fraction of sp³-hybridized carbons (Fsp3) is 0.200. The molecule has 1 rings (SSSR count). The number of hydrogen-bond acceptors (Lipinski definition) is 0. The summed E-state index contributed by atoms with van der Waals surface area (Å²) >= 11 is 0. The van der Waals surface area contributed by atoms with Crippen molar-refractivity contribution in [3.05, 3.63) is 47.8 Å². The average Bonchev–Trinajstić information content (AvgIpc) is 2.07. The third-order valence-electron chi connectivity index (χ3n) is 1.75. The maximum absolute atomic E-state index is 13.2. The van der Waals surface area contributed by atoms with E-state index in [2.05, 4.69) is 6.58 Å². The topological polar surface area (TPSA) is 0 Å². The molecule has 4 heteroatoms. The van der Waals surface area contributed by atoms with Crippen LogP contribution in [0, 0.1) is 5.82 Å². The van der Waals surface area contributed by atoms with E-state index in [1.807, 2.05) is 0 Å². The Morgan fingerprint density at radius 2 is 1.93 bits per heavy atom. The van der Waals surface area contributed by atoms with E-state index in [0.29, 0.717) is 0 Å². The largest absolute Gasteiger partial charge is 0.419 e. The molecule has 76 valence electrons. The van der Waals surface area contributed by atoms with Crippen molar-refractivity contribution in [3.63, 3.8) is 0 Å². The number of rotatable bonds is 2. The lowest BCUT2D eigenvalue weighted by atomic mass is 10.1. The predicted molar refractivity (Wildman–Crippen MR) is 45.3 cm³/mol. The number of benzene rings is 1. The van der Waals surface area contributed by atoms with Gasteiger partial charge in [-0.1, -0.05) is 18.2 Å². The maximum Gasteiger partial charge on any atom is 0.419 e. The van der Waals surface area contributed by atoms with Crippen LogP contribution >= 0.6 is 0 Å². The summed E-state index contributed by atoms with van der Waals surface area (Å²) in [5.74, 6) is -1.21. The molecule has 0 spiro atoms. The van der Waals surface area contributed by atoms with E-state index in [1.54, 1.807) is 0 Å². The second kappa shape index (κ2) is 3.82. The van der Waals surface area contributed by atoms with Crippen molar-refractivity contribution in [2.24, 2.45) is 0 Å². The van der Waals surface area contributed by atoms with Crippen molar-refractivity contribution in [1.29, 1.82) is 0 Å². The van der Waals surface area contributed by atoms with Crippen LogP contribution in [-0.2, 0) is 12.6 Å². The molecule has 0 atom stereocenters.